The number of hydrogen-bond acceptors (Lipinski definition) is 4. The van der Waals surface area contributed by atoms with E-state index in [0.29, 0.717) is 19.7 Å². The zero-order chi connectivity index (χ0) is 17.4. The summed E-state index contributed by atoms with van der Waals surface area (Å²) in [5, 5.41) is 3.47. The molecule has 2 saturated heterocycles. The van der Waals surface area contributed by atoms with Crippen LogP contribution in [0.5, 0.6) is 0 Å². The SMILES string of the molecule is CCOC(=O)N1CCN(C(=NC)NCCN2CCC(C)CC2)CC1. The Morgan fingerprint density at radius 2 is 1.75 bits per heavy atom. The Balaban J connectivity index is 1.68. The third kappa shape index (κ3) is 5.54. The lowest BCUT2D eigenvalue weighted by molar-refractivity contribution is 0.0914. The van der Waals surface area contributed by atoms with Crippen molar-refractivity contribution in [1.82, 2.24) is 20.0 Å². The molecule has 0 aromatic carbocycles. The monoisotopic (exact) mass is 339 g/mol. The second-order valence-electron chi connectivity index (χ2n) is 6.67. The number of ether oxygens (including phenoxy) is 1. The van der Waals surface area contributed by atoms with Crippen molar-refractivity contribution in [1.29, 1.82) is 0 Å². The summed E-state index contributed by atoms with van der Waals surface area (Å²) in [5.74, 6) is 1.81. The molecule has 2 heterocycles. The molecule has 1 N–H and O–H groups in total. The van der Waals surface area contributed by atoms with Crippen LogP contribution in [0.4, 0.5) is 4.79 Å². The summed E-state index contributed by atoms with van der Waals surface area (Å²) in [6.07, 6.45) is 2.41. The zero-order valence-electron chi connectivity index (χ0n) is 15.5. The van der Waals surface area contributed by atoms with Crippen molar-refractivity contribution in [2.24, 2.45) is 10.9 Å². The van der Waals surface area contributed by atoms with E-state index in [1.54, 1.807) is 4.90 Å². The lowest BCUT2D eigenvalue weighted by Gasteiger charge is -2.36. The number of piperazine rings is 1. The largest absolute Gasteiger partial charge is 0.450 e. The minimum absolute atomic E-state index is 0.209. The topological polar surface area (TPSA) is 60.4 Å². The molecule has 7 heteroatoms. The van der Waals surface area contributed by atoms with Crippen molar-refractivity contribution >= 4 is 12.1 Å². The highest BCUT2D eigenvalue weighted by molar-refractivity contribution is 5.80. The van der Waals surface area contributed by atoms with Crippen LogP contribution in [-0.2, 0) is 4.74 Å². The normalized spacial score (nSPS) is 21.0. The Kier molecular flexibility index (Phi) is 7.62. The maximum Gasteiger partial charge on any atom is 0.409 e. The molecule has 0 atom stereocenters. The van der Waals surface area contributed by atoms with Crippen molar-refractivity contribution in [2.75, 3.05) is 66.0 Å². The third-order valence-electron chi connectivity index (χ3n) is 4.90. The Hall–Kier alpha value is -1.50. The van der Waals surface area contributed by atoms with Crippen LogP contribution in [0.3, 0.4) is 0 Å². The van der Waals surface area contributed by atoms with Gasteiger partial charge >= 0.3 is 6.09 Å². The molecule has 0 unspecified atom stereocenters. The smallest absolute Gasteiger partial charge is 0.409 e. The first-order valence-corrected chi connectivity index (χ1v) is 9.23. The average Bonchev–Trinajstić information content (AvgIpc) is 2.61. The molecule has 0 bridgehead atoms. The first-order chi connectivity index (χ1) is 11.6. The lowest BCUT2D eigenvalue weighted by atomic mass is 9.99. The third-order valence-corrected chi connectivity index (χ3v) is 4.90. The van der Waals surface area contributed by atoms with Crippen LogP contribution in [0.1, 0.15) is 26.7 Å². The molecule has 1 amide bonds. The molecule has 2 rings (SSSR count). The van der Waals surface area contributed by atoms with Crippen molar-refractivity contribution in [3.8, 4) is 0 Å². The summed E-state index contributed by atoms with van der Waals surface area (Å²) >= 11 is 0. The van der Waals surface area contributed by atoms with Crippen LogP contribution >= 0.6 is 0 Å². The molecule has 7 nitrogen and oxygen atoms in total. The maximum atomic E-state index is 11.7. The summed E-state index contributed by atoms with van der Waals surface area (Å²) in [4.78, 5) is 22.6. The van der Waals surface area contributed by atoms with Gasteiger partial charge in [-0.2, -0.15) is 0 Å². The average molecular weight is 339 g/mol. The number of amides is 1. The summed E-state index contributed by atoms with van der Waals surface area (Å²) in [6.45, 7) is 12.0. The van der Waals surface area contributed by atoms with E-state index < -0.39 is 0 Å². The molecule has 0 aromatic rings. The van der Waals surface area contributed by atoms with Gasteiger partial charge in [-0.15, -0.1) is 0 Å². The summed E-state index contributed by atoms with van der Waals surface area (Å²) in [7, 11) is 1.82. The van der Waals surface area contributed by atoms with Crippen molar-refractivity contribution in [3.05, 3.63) is 0 Å². The second-order valence-corrected chi connectivity index (χ2v) is 6.67. The van der Waals surface area contributed by atoms with Gasteiger partial charge in [0.25, 0.3) is 0 Å². The quantitative estimate of drug-likeness (QED) is 0.613. The van der Waals surface area contributed by atoms with E-state index in [4.69, 9.17) is 4.74 Å². The fraction of sp³-hybridized carbons (Fsp3) is 0.882. The zero-order valence-corrected chi connectivity index (χ0v) is 15.5. The van der Waals surface area contributed by atoms with E-state index in [1.807, 2.05) is 14.0 Å². The van der Waals surface area contributed by atoms with Gasteiger partial charge in [0.2, 0.25) is 0 Å². The Morgan fingerprint density at radius 3 is 2.33 bits per heavy atom. The highest BCUT2D eigenvalue weighted by Gasteiger charge is 2.23. The van der Waals surface area contributed by atoms with Crippen LogP contribution in [0.25, 0.3) is 0 Å². The number of carbonyl (C=O) groups excluding carboxylic acids is 1. The predicted molar refractivity (Wildman–Crippen MR) is 96.4 cm³/mol. The molecule has 138 valence electrons. The highest BCUT2D eigenvalue weighted by Crippen LogP contribution is 2.15. The minimum atomic E-state index is -0.209. The van der Waals surface area contributed by atoms with Gasteiger partial charge in [0.15, 0.2) is 5.96 Å². The molecule has 0 aliphatic carbocycles. The van der Waals surface area contributed by atoms with Gasteiger partial charge in [0.1, 0.15) is 0 Å². The van der Waals surface area contributed by atoms with Crippen LogP contribution in [0.15, 0.2) is 4.99 Å². The van der Waals surface area contributed by atoms with Crippen LogP contribution in [0, 0.1) is 5.92 Å². The van der Waals surface area contributed by atoms with Crippen LogP contribution in [0.2, 0.25) is 0 Å². The molecule has 24 heavy (non-hydrogen) atoms. The standard InChI is InChI=1S/C17H33N5O2/c1-4-24-17(23)22-13-11-21(12-14-22)16(18-3)19-7-10-20-8-5-15(2)6-9-20/h15H,4-14H2,1-3H3,(H,18,19). The van der Waals surface area contributed by atoms with E-state index in [-0.39, 0.29) is 6.09 Å². The molecule has 0 spiro atoms. The first kappa shape index (κ1) is 18.8. The van der Waals surface area contributed by atoms with Gasteiger partial charge in [-0.25, -0.2) is 4.79 Å². The maximum absolute atomic E-state index is 11.7. The van der Waals surface area contributed by atoms with Crippen LogP contribution in [-0.4, -0.2) is 92.8 Å². The lowest BCUT2D eigenvalue weighted by Crippen LogP contribution is -2.54. The van der Waals surface area contributed by atoms with Crippen molar-refractivity contribution < 1.29 is 9.53 Å². The first-order valence-electron chi connectivity index (χ1n) is 9.23. The van der Waals surface area contributed by atoms with Gasteiger partial charge < -0.3 is 24.8 Å². The van der Waals surface area contributed by atoms with Gasteiger partial charge in [-0.3, -0.25) is 4.99 Å². The number of guanidine groups is 1. The Labute approximate surface area is 146 Å². The van der Waals surface area contributed by atoms with Gasteiger partial charge in [0, 0.05) is 46.3 Å². The minimum Gasteiger partial charge on any atom is -0.450 e. The van der Waals surface area contributed by atoms with E-state index in [2.05, 4.69) is 27.0 Å². The molecule has 0 radical (unpaired) electrons. The fourth-order valence-electron chi connectivity index (χ4n) is 3.26. The molecular formula is C17H33N5O2. The molecular weight excluding hydrogens is 306 g/mol. The molecule has 2 aliphatic heterocycles. The van der Waals surface area contributed by atoms with Crippen LogP contribution < -0.4 is 5.32 Å². The number of likely N-dealkylation sites (tertiary alicyclic amines) is 1. The number of nitrogens with zero attached hydrogens (tertiary/aromatic N) is 4. The van der Waals surface area contributed by atoms with E-state index in [0.717, 1.165) is 38.1 Å². The highest BCUT2D eigenvalue weighted by atomic mass is 16.6. The van der Waals surface area contributed by atoms with Gasteiger partial charge in [-0.05, 0) is 38.8 Å². The molecule has 0 saturated carbocycles. The number of nitrogens with one attached hydrogen (secondary N) is 1. The van der Waals surface area contributed by atoms with E-state index >= 15 is 0 Å². The Morgan fingerprint density at radius 1 is 1.12 bits per heavy atom. The summed E-state index contributed by atoms with van der Waals surface area (Å²) < 4.78 is 5.06. The number of rotatable bonds is 4. The molecule has 0 aromatic heterocycles. The number of carbonyl (C=O) groups is 1. The predicted octanol–water partition coefficient (Wildman–Crippen LogP) is 1.07. The van der Waals surface area contributed by atoms with Crippen molar-refractivity contribution in [2.45, 2.75) is 26.7 Å². The van der Waals surface area contributed by atoms with Crippen molar-refractivity contribution in [3.63, 3.8) is 0 Å². The number of piperidine rings is 1. The molecule has 2 fully saturated rings. The summed E-state index contributed by atoms with van der Waals surface area (Å²) in [5.41, 5.74) is 0. The number of hydrogen-bond donors (Lipinski definition) is 1. The second kappa shape index (κ2) is 9.71. The Bertz CT molecular complexity index is 413. The van der Waals surface area contributed by atoms with Gasteiger partial charge in [-0.1, -0.05) is 6.92 Å². The van der Waals surface area contributed by atoms with E-state index in [9.17, 15) is 4.79 Å². The van der Waals surface area contributed by atoms with Gasteiger partial charge in [0.05, 0.1) is 6.61 Å². The summed E-state index contributed by atoms with van der Waals surface area (Å²) in [6, 6.07) is 0. The molecule has 2 aliphatic rings. The fourth-order valence-corrected chi connectivity index (χ4v) is 3.26. The van der Waals surface area contributed by atoms with E-state index in [1.165, 1.54) is 25.9 Å². The number of aliphatic imine (C=N–C) groups is 1.